The van der Waals surface area contributed by atoms with E-state index in [1.807, 2.05) is 47.0 Å². The first-order chi connectivity index (χ1) is 59.9. The third kappa shape index (κ3) is 12.7. The van der Waals surface area contributed by atoms with Crippen LogP contribution in [-0.2, 0) is 16.2 Å². The van der Waals surface area contributed by atoms with Gasteiger partial charge in [0, 0.05) is 84.2 Å². The van der Waals surface area contributed by atoms with Gasteiger partial charge < -0.3 is 9.80 Å². The Balaban J connectivity index is 0.924. The van der Waals surface area contributed by atoms with Gasteiger partial charge in [0.2, 0.25) is 13.4 Å². The van der Waals surface area contributed by atoms with E-state index in [1.165, 1.54) is 217 Å². The van der Waals surface area contributed by atoms with Gasteiger partial charge >= 0.3 is 0 Å². The second-order valence-electron chi connectivity index (χ2n) is 36.9. The number of hydrogen-bond donors (Lipinski definition) is 0. The highest BCUT2D eigenvalue weighted by Gasteiger charge is 2.54. The van der Waals surface area contributed by atoms with Crippen molar-refractivity contribution in [2.24, 2.45) is 0 Å². The second-order valence-corrected chi connectivity index (χ2v) is 41.2. The summed E-state index contributed by atoms with van der Waals surface area (Å²) < 4.78 is 0. The third-order valence-electron chi connectivity index (χ3n) is 26.3. The maximum Gasteiger partial charge on any atom is 0.255 e. The summed E-state index contributed by atoms with van der Waals surface area (Å²) in [7, 11) is 0. The lowest BCUT2D eigenvalue weighted by atomic mass is 9.30. The Bertz CT molecular complexity index is 6520. The van der Waals surface area contributed by atoms with Crippen molar-refractivity contribution in [2.45, 2.75) is 118 Å². The normalized spacial score (nSPS) is 13.7. The van der Waals surface area contributed by atoms with E-state index >= 15 is 0 Å². The third-order valence-corrected chi connectivity index (χ3v) is 31.1. The van der Waals surface area contributed by atoms with Crippen LogP contribution in [0.15, 0.2) is 403 Å². The zero-order valence-corrected chi connectivity index (χ0v) is 73.7. The van der Waals surface area contributed by atoms with Crippen LogP contribution >= 0.6 is 47.0 Å². The van der Waals surface area contributed by atoms with Crippen LogP contribution < -0.4 is 59.0 Å². The molecular weight excluding hydrogens is 1560 g/mol. The molecule has 0 amide bonds. The highest BCUT2D eigenvalue weighted by atomic mass is 32.2. The average molecular weight is 1650 g/mol. The van der Waals surface area contributed by atoms with Crippen LogP contribution in [0.2, 0.25) is 0 Å². The molecule has 0 spiro atoms. The van der Waals surface area contributed by atoms with Crippen LogP contribution in [0.25, 0.3) is 89.0 Å². The lowest BCUT2D eigenvalue weighted by Gasteiger charge is -2.49. The van der Waals surface area contributed by atoms with Crippen molar-refractivity contribution < 1.29 is 0 Å². The first-order valence-corrected chi connectivity index (χ1v) is 46.4. The van der Waals surface area contributed by atoms with Crippen molar-refractivity contribution >= 4 is 150 Å². The van der Waals surface area contributed by atoms with Gasteiger partial charge in [-0.25, -0.2) is 0 Å². The van der Waals surface area contributed by atoms with Gasteiger partial charge in [-0.1, -0.05) is 422 Å². The van der Waals surface area contributed by atoms with Gasteiger partial charge in [0.25, 0.3) is 6.71 Å². The monoisotopic (exact) mass is 1640 g/mol. The molecule has 0 fully saturated rings. The van der Waals surface area contributed by atoms with Gasteiger partial charge in [-0.15, -0.1) is 0 Å². The SMILES string of the molecule is CC(C)(C)c1cc(-c2ccccc2)c(N2c3cc(C(C)(C)C)cc4c3B(c3c2cc2c5c3Sc3ccc(-c6ccccc6)cc3B5c3cc(-c5ccccc5)ccc3S2)c2c(cc3c5c2Sc2ccc(-c6ccccc6)cc2B5c2cc(-c5ccccc5)ccc2S3)N4c2c(-c3ccccc3)cc(C(C)(C)C)cc2-c2ccccc2)c(-c2ccccc2)c1. The minimum absolute atomic E-state index is 0.135. The molecule has 0 bridgehead atoms. The van der Waals surface area contributed by atoms with Gasteiger partial charge in [0.05, 0.1) is 11.4 Å². The molecule has 6 aliphatic heterocycles. The van der Waals surface area contributed by atoms with Crippen molar-refractivity contribution in [3.8, 4) is 89.0 Å². The summed E-state index contributed by atoms with van der Waals surface area (Å²) in [5, 5.41) is 0. The molecule has 0 radical (unpaired) electrons. The number of nitrogens with zero attached hydrogens (tertiary/aromatic N) is 2. The molecule has 6 heterocycles. The molecule has 586 valence electrons. The fraction of sp³-hybridized carbons (Fsp3) is 0.105. The molecule has 17 aromatic carbocycles. The predicted octanol–water partition coefficient (Wildman–Crippen LogP) is 25.9. The van der Waals surface area contributed by atoms with Crippen molar-refractivity contribution in [3.63, 3.8) is 0 Å². The Morgan fingerprint density at radius 3 is 0.691 bits per heavy atom. The van der Waals surface area contributed by atoms with Gasteiger partial charge in [0.1, 0.15) is 0 Å². The second kappa shape index (κ2) is 29.3. The predicted molar refractivity (Wildman–Crippen MR) is 532 cm³/mol. The van der Waals surface area contributed by atoms with E-state index in [-0.39, 0.29) is 36.4 Å². The van der Waals surface area contributed by atoms with Crippen LogP contribution in [-0.4, -0.2) is 20.1 Å². The maximum atomic E-state index is 2.85. The van der Waals surface area contributed by atoms with E-state index < -0.39 is 0 Å². The minimum Gasteiger partial charge on any atom is -0.310 e. The van der Waals surface area contributed by atoms with Crippen molar-refractivity contribution in [3.05, 3.63) is 381 Å². The van der Waals surface area contributed by atoms with Crippen molar-refractivity contribution in [1.29, 1.82) is 0 Å². The van der Waals surface area contributed by atoms with Crippen molar-refractivity contribution in [2.75, 3.05) is 9.80 Å². The average Bonchev–Trinajstić information content (AvgIpc) is 0.665. The highest BCUT2D eigenvalue weighted by molar-refractivity contribution is 8.02. The first kappa shape index (κ1) is 75.9. The minimum atomic E-state index is -0.364. The molecular formula is C114H87B3N2S4. The molecule has 0 aromatic heterocycles. The van der Waals surface area contributed by atoms with E-state index in [2.05, 4.69) is 436 Å². The summed E-state index contributed by atoms with van der Waals surface area (Å²) in [6, 6.07) is 141. The van der Waals surface area contributed by atoms with Crippen LogP contribution in [0.1, 0.15) is 79.0 Å². The molecule has 17 aromatic rings. The largest absolute Gasteiger partial charge is 0.310 e. The van der Waals surface area contributed by atoms with E-state index in [0.717, 1.165) is 11.4 Å². The number of anilines is 6. The van der Waals surface area contributed by atoms with Crippen molar-refractivity contribution in [1.82, 2.24) is 0 Å². The Kier molecular flexibility index (Phi) is 18.1. The lowest BCUT2D eigenvalue weighted by molar-refractivity contribution is 0.590. The number of hydrogen-bond acceptors (Lipinski definition) is 6. The summed E-state index contributed by atoms with van der Waals surface area (Å²) in [4.78, 5) is 16.1. The molecule has 9 heteroatoms. The Labute approximate surface area is 741 Å². The lowest BCUT2D eigenvalue weighted by Crippen LogP contribution is -2.67. The highest BCUT2D eigenvalue weighted by Crippen LogP contribution is 2.58. The molecule has 123 heavy (non-hydrogen) atoms. The van der Waals surface area contributed by atoms with Crippen LogP contribution in [0, 0.1) is 0 Å². The van der Waals surface area contributed by atoms with E-state index in [1.54, 1.807) is 0 Å². The first-order valence-electron chi connectivity index (χ1n) is 43.2. The summed E-state index contributed by atoms with van der Waals surface area (Å²) >= 11 is 7.99. The zero-order chi connectivity index (χ0) is 82.9. The molecule has 23 rings (SSSR count). The smallest absolute Gasteiger partial charge is 0.255 e. The molecule has 2 nitrogen and oxygen atoms in total. The van der Waals surface area contributed by atoms with Gasteiger partial charge in [0.15, 0.2) is 0 Å². The fourth-order valence-electron chi connectivity index (χ4n) is 20.2. The topological polar surface area (TPSA) is 6.48 Å². The molecule has 6 aliphatic rings. The van der Waals surface area contributed by atoms with Gasteiger partial charge in [-0.3, -0.25) is 0 Å². The van der Waals surface area contributed by atoms with E-state index in [9.17, 15) is 0 Å². The van der Waals surface area contributed by atoms with Crippen LogP contribution in [0.5, 0.6) is 0 Å². The van der Waals surface area contributed by atoms with Crippen LogP contribution in [0.3, 0.4) is 0 Å². The number of rotatable bonds is 10. The number of fused-ring (bicyclic) bond motifs is 14. The zero-order valence-electron chi connectivity index (χ0n) is 70.4. The van der Waals surface area contributed by atoms with E-state index in [4.69, 9.17) is 0 Å². The summed E-state index contributed by atoms with van der Waals surface area (Å²) in [6.07, 6.45) is 0. The van der Waals surface area contributed by atoms with Gasteiger partial charge in [-0.2, -0.15) is 0 Å². The standard InChI is InChI=1S/C114H87B3N2S4/c1-112(2,3)82-62-85(74-42-26-14-27-43-74)108(86(63-82)75-44-28-15-29-45-75)118-93-66-84(114(7,8)9)67-94-103(93)117(104-95(118)68-101-106-110(104)122-99-56-52-80(72-38-22-12-23-39-72)60-91(99)115(106)89-58-78(50-54-97(89)120-101)70-34-18-10-19-35-70)105-96(119(94)109-87(76-46-30-16-31-47-76)64-83(113(4,5)6)65-88(109)77-48-32-17-33-49-77)69-102-107-111(105)123-100-57-53-81(73-40-24-13-25-41-73)61-92(100)116(107)90-59-79(51-55-98(90)121-102)71-36-20-11-21-37-71/h10-69H,1-9H3. The number of benzene rings is 17. The van der Waals surface area contributed by atoms with Crippen LogP contribution in [0.4, 0.5) is 34.1 Å². The van der Waals surface area contributed by atoms with Gasteiger partial charge in [-0.05, 0) is 200 Å². The molecule has 0 unspecified atom stereocenters. The molecule has 0 aliphatic carbocycles. The summed E-state index contributed by atoms with van der Waals surface area (Å²) in [6.45, 7) is 21.0. The summed E-state index contributed by atoms with van der Waals surface area (Å²) in [5.74, 6) is 0. The molecule has 0 saturated heterocycles. The molecule has 0 N–H and O–H groups in total. The maximum absolute atomic E-state index is 2.85. The van der Waals surface area contributed by atoms with E-state index in [0.29, 0.717) is 0 Å². The fourth-order valence-corrected chi connectivity index (χ4v) is 25.3. The summed E-state index contributed by atoms with van der Waals surface area (Å²) in [5.41, 5.74) is 41.4. The molecule has 0 atom stereocenters. The quantitative estimate of drug-likeness (QED) is 0.125. The molecule has 0 saturated carbocycles. The Morgan fingerprint density at radius 1 is 0.195 bits per heavy atom. The Hall–Kier alpha value is -12.1. The Morgan fingerprint density at radius 2 is 0.431 bits per heavy atom.